The van der Waals surface area contributed by atoms with Gasteiger partial charge in [-0.05, 0) is 35.7 Å². The van der Waals surface area contributed by atoms with Crippen LogP contribution in [-0.4, -0.2) is 61.4 Å². The SMILES string of the molecule is CC1(C)C2CC=C(COCC(O)CN3CCNC(=O)CC3)C1C2. The first-order valence-electron chi connectivity index (χ1n) is 8.90. The minimum atomic E-state index is -0.491. The Kier molecular flexibility index (Phi) is 5.09. The average Bonchev–Trinajstić information content (AvgIpc) is 2.72. The van der Waals surface area contributed by atoms with Gasteiger partial charge in [-0.1, -0.05) is 19.9 Å². The van der Waals surface area contributed by atoms with Gasteiger partial charge in [0.25, 0.3) is 0 Å². The molecule has 3 unspecified atom stereocenters. The van der Waals surface area contributed by atoms with E-state index in [2.05, 4.69) is 30.1 Å². The Morgan fingerprint density at radius 1 is 1.48 bits per heavy atom. The maximum Gasteiger partial charge on any atom is 0.221 e. The van der Waals surface area contributed by atoms with Gasteiger partial charge in [0, 0.05) is 32.6 Å². The van der Waals surface area contributed by atoms with Gasteiger partial charge < -0.3 is 15.2 Å². The molecule has 0 aromatic heterocycles. The van der Waals surface area contributed by atoms with Crippen molar-refractivity contribution >= 4 is 5.91 Å². The van der Waals surface area contributed by atoms with Crippen molar-refractivity contribution in [1.29, 1.82) is 0 Å². The number of rotatable bonds is 6. The van der Waals surface area contributed by atoms with Gasteiger partial charge in [0.15, 0.2) is 0 Å². The zero-order valence-electron chi connectivity index (χ0n) is 14.4. The summed E-state index contributed by atoms with van der Waals surface area (Å²) in [6.45, 7) is 8.49. The number of hydrogen-bond acceptors (Lipinski definition) is 4. The molecule has 5 heteroatoms. The lowest BCUT2D eigenvalue weighted by molar-refractivity contribution is -0.120. The maximum atomic E-state index is 11.3. The summed E-state index contributed by atoms with van der Waals surface area (Å²) in [6.07, 6.45) is 4.86. The van der Waals surface area contributed by atoms with E-state index in [1.807, 2.05) is 0 Å². The fraction of sp³-hybridized carbons (Fsp3) is 0.833. The molecule has 1 aliphatic heterocycles. The first-order chi connectivity index (χ1) is 11.0. The van der Waals surface area contributed by atoms with Crippen molar-refractivity contribution in [3.8, 4) is 0 Å². The zero-order chi connectivity index (χ0) is 16.4. The molecular formula is C18H30N2O3. The maximum absolute atomic E-state index is 11.3. The number of aliphatic hydroxyl groups is 1. The third-order valence-corrected chi connectivity index (χ3v) is 6.04. The standard InChI is InChI=1S/C18H30N2O3/c1-18(2)14-4-3-13(16(18)9-14)11-23-12-15(21)10-20-7-5-17(22)19-6-8-20/h3,14-16,21H,4-12H2,1-2H3,(H,19,22). The fourth-order valence-corrected chi connectivity index (χ4v) is 4.30. The number of aliphatic hydroxyl groups excluding tert-OH is 1. The topological polar surface area (TPSA) is 61.8 Å². The lowest BCUT2D eigenvalue weighted by atomic mass is 9.49. The van der Waals surface area contributed by atoms with Crippen LogP contribution in [-0.2, 0) is 9.53 Å². The Morgan fingerprint density at radius 3 is 3.04 bits per heavy atom. The number of β-amino-alcohol motifs (C(OH)–C–C–N with tert-alkyl or cyclic N) is 1. The number of amides is 1. The quantitative estimate of drug-likeness (QED) is 0.721. The second-order valence-corrected chi connectivity index (χ2v) is 7.89. The molecular weight excluding hydrogens is 292 g/mol. The van der Waals surface area contributed by atoms with Crippen LogP contribution in [0.15, 0.2) is 11.6 Å². The zero-order valence-corrected chi connectivity index (χ0v) is 14.4. The molecule has 4 rings (SSSR count). The molecule has 1 amide bonds. The number of fused-ring (bicyclic) bond motifs is 1. The summed E-state index contributed by atoms with van der Waals surface area (Å²) in [5.74, 6) is 1.62. The van der Waals surface area contributed by atoms with Crippen LogP contribution in [0, 0.1) is 17.3 Å². The Morgan fingerprint density at radius 2 is 2.30 bits per heavy atom. The second kappa shape index (κ2) is 6.91. The molecule has 0 aromatic carbocycles. The van der Waals surface area contributed by atoms with Crippen LogP contribution in [0.4, 0.5) is 0 Å². The van der Waals surface area contributed by atoms with Crippen LogP contribution in [0.3, 0.4) is 0 Å². The molecule has 0 aromatic rings. The molecule has 1 saturated carbocycles. The van der Waals surface area contributed by atoms with Gasteiger partial charge in [-0.2, -0.15) is 0 Å². The van der Waals surface area contributed by atoms with Gasteiger partial charge in [-0.15, -0.1) is 0 Å². The normalized spacial score (nSPS) is 31.6. The molecule has 2 N–H and O–H groups in total. The molecule has 0 radical (unpaired) electrons. The van der Waals surface area contributed by atoms with Crippen molar-refractivity contribution in [2.45, 2.75) is 39.2 Å². The lowest BCUT2D eigenvalue weighted by Gasteiger charge is -2.56. The molecule has 1 saturated heterocycles. The molecule has 1 heterocycles. The van der Waals surface area contributed by atoms with Gasteiger partial charge in [-0.3, -0.25) is 9.69 Å². The van der Waals surface area contributed by atoms with E-state index in [4.69, 9.17) is 4.74 Å². The highest BCUT2D eigenvalue weighted by atomic mass is 16.5. The molecule has 0 spiro atoms. The third kappa shape index (κ3) is 3.78. The summed E-state index contributed by atoms with van der Waals surface area (Å²) >= 11 is 0. The van der Waals surface area contributed by atoms with Crippen LogP contribution in [0.1, 0.15) is 33.1 Å². The molecule has 4 aliphatic rings. The van der Waals surface area contributed by atoms with E-state index >= 15 is 0 Å². The minimum Gasteiger partial charge on any atom is -0.389 e. The van der Waals surface area contributed by atoms with Crippen LogP contribution >= 0.6 is 0 Å². The highest BCUT2D eigenvalue weighted by Crippen LogP contribution is 2.59. The predicted molar refractivity (Wildman–Crippen MR) is 89.0 cm³/mol. The van der Waals surface area contributed by atoms with E-state index in [9.17, 15) is 9.90 Å². The monoisotopic (exact) mass is 322 g/mol. The summed E-state index contributed by atoms with van der Waals surface area (Å²) in [5.41, 5.74) is 1.85. The third-order valence-electron chi connectivity index (χ3n) is 6.04. The summed E-state index contributed by atoms with van der Waals surface area (Å²) < 4.78 is 5.79. The Labute approximate surface area is 139 Å². The van der Waals surface area contributed by atoms with Crippen molar-refractivity contribution in [1.82, 2.24) is 10.2 Å². The number of nitrogens with one attached hydrogen (secondary N) is 1. The van der Waals surface area contributed by atoms with E-state index in [1.165, 1.54) is 18.4 Å². The van der Waals surface area contributed by atoms with E-state index in [0.29, 0.717) is 50.6 Å². The van der Waals surface area contributed by atoms with Crippen LogP contribution in [0.25, 0.3) is 0 Å². The van der Waals surface area contributed by atoms with E-state index in [1.54, 1.807) is 0 Å². The van der Waals surface area contributed by atoms with E-state index in [0.717, 1.165) is 12.5 Å². The number of allylic oxidation sites excluding steroid dienone is 1. The molecule has 3 aliphatic carbocycles. The van der Waals surface area contributed by atoms with Crippen molar-refractivity contribution in [3.63, 3.8) is 0 Å². The van der Waals surface area contributed by atoms with Crippen LogP contribution < -0.4 is 5.32 Å². The number of carbonyl (C=O) groups is 1. The first-order valence-corrected chi connectivity index (χ1v) is 8.90. The van der Waals surface area contributed by atoms with Crippen LogP contribution in [0.5, 0.6) is 0 Å². The Hall–Kier alpha value is -0.910. The van der Waals surface area contributed by atoms with Crippen molar-refractivity contribution in [3.05, 3.63) is 11.6 Å². The Bertz CT molecular complexity index is 475. The van der Waals surface area contributed by atoms with Gasteiger partial charge in [0.2, 0.25) is 5.91 Å². The second-order valence-electron chi connectivity index (χ2n) is 7.89. The van der Waals surface area contributed by atoms with Crippen molar-refractivity contribution < 1.29 is 14.6 Å². The largest absolute Gasteiger partial charge is 0.389 e. The van der Waals surface area contributed by atoms with Gasteiger partial charge in [0.1, 0.15) is 0 Å². The highest BCUT2D eigenvalue weighted by molar-refractivity contribution is 5.76. The minimum absolute atomic E-state index is 0.101. The molecule has 2 bridgehead atoms. The first kappa shape index (κ1) is 16.9. The average molecular weight is 322 g/mol. The fourth-order valence-electron chi connectivity index (χ4n) is 4.30. The molecule has 2 fully saturated rings. The number of ether oxygens (including phenoxy) is 1. The van der Waals surface area contributed by atoms with E-state index < -0.39 is 6.10 Å². The lowest BCUT2D eigenvalue weighted by Crippen LogP contribution is -2.48. The number of hydrogen-bond donors (Lipinski definition) is 2. The predicted octanol–water partition coefficient (Wildman–Crippen LogP) is 1.18. The Balaban J connectivity index is 1.37. The summed E-state index contributed by atoms with van der Waals surface area (Å²) in [6, 6.07) is 0. The smallest absolute Gasteiger partial charge is 0.221 e. The van der Waals surface area contributed by atoms with Gasteiger partial charge >= 0.3 is 0 Å². The summed E-state index contributed by atoms with van der Waals surface area (Å²) in [4.78, 5) is 13.4. The summed E-state index contributed by atoms with van der Waals surface area (Å²) in [7, 11) is 0. The van der Waals surface area contributed by atoms with Crippen molar-refractivity contribution in [2.24, 2.45) is 17.3 Å². The number of carbonyl (C=O) groups excluding carboxylic acids is 1. The summed E-state index contributed by atoms with van der Waals surface area (Å²) in [5, 5.41) is 13.0. The van der Waals surface area contributed by atoms with Gasteiger partial charge in [-0.25, -0.2) is 0 Å². The molecule has 3 atom stereocenters. The molecule has 23 heavy (non-hydrogen) atoms. The van der Waals surface area contributed by atoms with Crippen LogP contribution in [0.2, 0.25) is 0 Å². The van der Waals surface area contributed by atoms with E-state index in [-0.39, 0.29) is 5.91 Å². The molecule has 130 valence electrons. The molecule has 5 nitrogen and oxygen atoms in total. The number of nitrogens with zero attached hydrogens (tertiary/aromatic N) is 1. The van der Waals surface area contributed by atoms with Crippen molar-refractivity contribution in [2.75, 3.05) is 39.4 Å². The van der Waals surface area contributed by atoms with Gasteiger partial charge in [0.05, 0.1) is 19.3 Å². The highest BCUT2D eigenvalue weighted by Gasteiger charge is 2.50.